The Balaban J connectivity index is 3.26. The van der Waals surface area contributed by atoms with Crippen LogP contribution in [0, 0.1) is 0 Å². The van der Waals surface area contributed by atoms with Crippen molar-refractivity contribution in [3.63, 3.8) is 0 Å². The molecule has 2 N–H and O–H groups in total. The Bertz CT molecular complexity index is 153. The molecule has 0 radical (unpaired) electrons. The Morgan fingerprint density at radius 3 is 2.57 bits per heavy atom. The summed E-state index contributed by atoms with van der Waals surface area (Å²) in [4.78, 5) is 11.2. The van der Waals surface area contributed by atoms with Crippen LogP contribution in [0.2, 0.25) is 0 Å². The number of carbonyl (C=O) groups excluding carboxylic acids is 1. The van der Waals surface area contributed by atoms with E-state index in [1.165, 1.54) is 0 Å². The van der Waals surface area contributed by atoms with Crippen LogP contribution in [0.25, 0.3) is 0 Å². The van der Waals surface area contributed by atoms with E-state index in [-0.39, 0.29) is 6.03 Å². The highest BCUT2D eigenvalue weighted by Gasteiger charge is 2.01. The van der Waals surface area contributed by atoms with Gasteiger partial charge >= 0.3 is 6.03 Å². The van der Waals surface area contributed by atoms with Gasteiger partial charge in [-0.25, -0.2) is 4.79 Å². The maximum Gasteiger partial charge on any atom is 0.314 e. The lowest BCUT2D eigenvalue weighted by molar-refractivity contribution is 0.240. The fourth-order valence-electron chi connectivity index (χ4n) is 0.948. The van der Waals surface area contributed by atoms with Gasteiger partial charge in [0, 0.05) is 18.3 Å². The summed E-state index contributed by atoms with van der Waals surface area (Å²) in [6, 6.07) is -0.0354. The van der Waals surface area contributed by atoms with Crippen molar-refractivity contribution >= 4 is 17.8 Å². The third kappa shape index (κ3) is 8.23. The molecule has 0 aromatic carbocycles. The molecule has 0 aromatic rings. The van der Waals surface area contributed by atoms with Gasteiger partial charge in [0.2, 0.25) is 0 Å². The summed E-state index contributed by atoms with van der Waals surface area (Å²) >= 11 is 1.83. The summed E-state index contributed by atoms with van der Waals surface area (Å²) in [6.45, 7) is 5.82. The van der Waals surface area contributed by atoms with Crippen LogP contribution in [-0.2, 0) is 0 Å². The average Bonchev–Trinajstić information content (AvgIpc) is 2.18. The number of hydrogen-bond donors (Lipinski definition) is 2. The van der Waals surface area contributed by atoms with Crippen LogP contribution >= 0.6 is 11.8 Å². The normalized spacial score (nSPS) is 12.2. The van der Waals surface area contributed by atoms with Gasteiger partial charge in [-0.05, 0) is 19.1 Å². The number of thioether (sulfide) groups is 1. The number of hydrogen-bond acceptors (Lipinski definition) is 2. The van der Waals surface area contributed by atoms with Gasteiger partial charge in [0.1, 0.15) is 0 Å². The molecule has 0 spiro atoms. The third-order valence-electron chi connectivity index (χ3n) is 2.05. The molecule has 2 amide bonds. The van der Waals surface area contributed by atoms with E-state index in [4.69, 9.17) is 0 Å². The lowest BCUT2D eigenvalue weighted by atomic mass is 10.3. The van der Waals surface area contributed by atoms with Crippen molar-refractivity contribution in [1.29, 1.82) is 0 Å². The van der Waals surface area contributed by atoms with E-state index in [0.717, 1.165) is 32.4 Å². The minimum absolute atomic E-state index is 0.0354. The number of carbonyl (C=O) groups is 1. The van der Waals surface area contributed by atoms with Crippen molar-refractivity contribution in [2.75, 3.05) is 19.3 Å². The standard InChI is InChI=1S/C10H22N2OS/c1-4-5-7-11-10(13)12-8-6-9(2)14-3/h9H,4-8H2,1-3H3,(H2,11,12,13). The molecule has 0 saturated carbocycles. The summed E-state index contributed by atoms with van der Waals surface area (Å²) in [7, 11) is 0. The van der Waals surface area contributed by atoms with E-state index in [1.54, 1.807) is 0 Å². The summed E-state index contributed by atoms with van der Waals surface area (Å²) in [5.74, 6) is 0. The fraction of sp³-hybridized carbons (Fsp3) is 0.900. The molecular formula is C10H22N2OS. The van der Waals surface area contributed by atoms with Gasteiger partial charge in [-0.2, -0.15) is 11.8 Å². The first-order valence-electron chi connectivity index (χ1n) is 5.25. The lowest BCUT2D eigenvalue weighted by Gasteiger charge is -2.09. The molecule has 3 nitrogen and oxygen atoms in total. The van der Waals surface area contributed by atoms with Gasteiger partial charge < -0.3 is 10.6 Å². The Hall–Kier alpha value is -0.380. The van der Waals surface area contributed by atoms with Crippen LogP contribution in [0.15, 0.2) is 0 Å². The highest BCUT2D eigenvalue weighted by molar-refractivity contribution is 7.99. The van der Waals surface area contributed by atoms with Crippen LogP contribution in [0.4, 0.5) is 4.79 Å². The summed E-state index contributed by atoms with van der Waals surface area (Å²) < 4.78 is 0. The van der Waals surface area contributed by atoms with Crippen molar-refractivity contribution in [2.24, 2.45) is 0 Å². The topological polar surface area (TPSA) is 41.1 Å². The molecule has 0 fully saturated rings. The third-order valence-corrected chi connectivity index (χ3v) is 3.10. The quantitative estimate of drug-likeness (QED) is 0.643. The molecule has 0 heterocycles. The van der Waals surface area contributed by atoms with E-state index >= 15 is 0 Å². The van der Waals surface area contributed by atoms with E-state index in [2.05, 4.69) is 30.7 Å². The monoisotopic (exact) mass is 218 g/mol. The van der Waals surface area contributed by atoms with Crippen molar-refractivity contribution < 1.29 is 4.79 Å². The van der Waals surface area contributed by atoms with Crippen LogP contribution in [0.5, 0.6) is 0 Å². The number of urea groups is 1. The minimum atomic E-state index is -0.0354. The van der Waals surface area contributed by atoms with Crippen LogP contribution in [0.3, 0.4) is 0 Å². The smallest absolute Gasteiger partial charge is 0.314 e. The zero-order valence-electron chi connectivity index (χ0n) is 9.43. The molecular weight excluding hydrogens is 196 g/mol. The first-order chi connectivity index (χ1) is 6.70. The molecule has 1 unspecified atom stereocenters. The lowest BCUT2D eigenvalue weighted by Crippen LogP contribution is -2.37. The first kappa shape index (κ1) is 13.6. The fourth-order valence-corrected chi connectivity index (χ4v) is 1.30. The first-order valence-corrected chi connectivity index (χ1v) is 6.54. The van der Waals surface area contributed by atoms with Gasteiger partial charge in [0.05, 0.1) is 0 Å². The Morgan fingerprint density at radius 2 is 2.00 bits per heavy atom. The molecule has 0 aliphatic carbocycles. The van der Waals surface area contributed by atoms with Crippen molar-refractivity contribution in [3.8, 4) is 0 Å². The van der Waals surface area contributed by atoms with E-state index in [0.29, 0.717) is 5.25 Å². The van der Waals surface area contributed by atoms with Gasteiger partial charge in [0.25, 0.3) is 0 Å². The van der Waals surface area contributed by atoms with Crippen molar-refractivity contribution in [1.82, 2.24) is 10.6 Å². The summed E-state index contributed by atoms with van der Waals surface area (Å²) in [5, 5.41) is 6.28. The molecule has 0 aliphatic heterocycles. The molecule has 0 rings (SSSR count). The second kappa shape index (κ2) is 9.19. The summed E-state index contributed by atoms with van der Waals surface area (Å²) in [5.41, 5.74) is 0. The molecule has 0 aliphatic rings. The predicted molar refractivity (Wildman–Crippen MR) is 63.9 cm³/mol. The minimum Gasteiger partial charge on any atom is -0.338 e. The van der Waals surface area contributed by atoms with Crippen molar-refractivity contribution in [3.05, 3.63) is 0 Å². The second-order valence-corrected chi connectivity index (χ2v) is 4.65. The highest BCUT2D eigenvalue weighted by atomic mass is 32.2. The van der Waals surface area contributed by atoms with Crippen LogP contribution in [-0.4, -0.2) is 30.6 Å². The van der Waals surface area contributed by atoms with Gasteiger partial charge in [-0.3, -0.25) is 0 Å². The van der Waals surface area contributed by atoms with Gasteiger partial charge in [-0.1, -0.05) is 20.3 Å². The van der Waals surface area contributed by atoms with Gasteiger partial charge in [0.15, 0.2) is 0 Å². The molecule has 1 atom stereocenters. The van der Waals surface area contributed by atoms with E-state index < -0.39 is 0 Å². The molecule has 0 saturated heterocycles. The van der Waals surface area contributed by atoms with E-state index in [9.17, 15) is 4.79 Å². The van der Waals surface area contributed by atoms with E-state index in [1.807, 2.05) is 11.8 Å². The average molecular weight is 218 g/mol. The molecule has 84 valence electrons. The predicted octanol–water partition coefficient (Wildman–Crippen LogP) is 2.23. The Morgan fingerprint density at radius 1 is 1.36 bits per heavy atom. The number of unbranched alkanes of at least 4 members (excludes halogenated alkanes) is 1. The highest BCUT2D eigenvalue weighted by Crippen LogP contribution is 2.07. The molecule has 14 heavy (non-hydrogen) atoms. The SMILES string of the molecule is CCCCNC(=O)NCCC(C)SC. The maximum absolute atomic E-state index is 11.2. The molecule has 0 bridgehead atoms. The molecule has 4 heteroatoms. The van der Waals surface area contributed by atoms with Crippen LogP contribution < -0.4 is 10.6 Å². The number of nitrogens with one attached hydrogen (secondary N) is 2. The Kier molecular flexibility index (Phi) is 8.94. The summed E-state index contributed by atoms with van der Waals surface area (Å²) in [6.07, 6.45) is 5.28. The van der Waals surface area contributed by atoms with Gasteiger partial charge in [-0.15, -0.1) is 0 Å². The largest absolute Gasteiger partial charge is 0.338 e. The zero-order valence-corrected chi connectivity index (χ0v) is 10.2. The number of rotatable bonds is 7. The van der Waals surface area contributed by atoms with Crippen molar-refractivity contribution in [2.45, 2.75) is 38.4 Å². The molecule has 0 aromatic heterocycles. The second-order valence-electron chi connectivity index (χ2n) is 3.37. The zero-order chi connectivity index (χ0) is 10.8. The Labute approximate surface area is 91.4 Å². The van der Waals surface area contributed by atoms with Crippen LogP contribution in [0.1, 0.15) is 33.1 Å². The maximum atomic E-state index is 11.2. The number of amides is 2.